The van der Waals surface area contributed by atoms with Crippen molar-refractivity contribution in [2.75, 3.05) is 13.2 Å². The minimum Gasteiger partial charge on any atom is -0.494 e. The fraction of sp³-hybridized carbons (Fsp3) is 0.355. The lowest BCUT2D eigenvalue weighted by atomic mass is 9.98. The molecule has 1 amide bonds. The molecule has 0 radical (unpaired) electrons. The van der Waals surface area contributed by atoms with Gasteiger partial charge in [-0.2, -0.15) is 0 Å². The molecule has 0 bridgehead atoms. The molecule has 6 nitrogen and oxygen atoms in total. The van der Waals surface area contributed by atoms with Crippen molar-refractivity contribution in [1.29, 1.82) is 0 Å². The molecular weight excluding hydrogens is 466 g/mol. The first kappa shape index (κ1) is 24.9. The number of hydrogen-bond acceptors (Lipinski definition) is 4. The minimum atomic E-state index is -1.11. The van der Waals surface area contributed by atoms with Gasteiger partial charge in [-0.15, -0.1) is 0 Å². The third-order valence-corrected chi connectivity index (χ3v) is 7.57. The number of benzene rings is 3. The Balaban J connectivity index is 1.14. The SMILES string of the molecule is O=C(NC(Cc1ccc(OCCC2CCCC2)cc1)C(=O)O)OCC1c2ccccc2-c2ccccc21. The monoisotopic (exact) mass is 499 g/mol. The lowest BCUT2D eigenvalue weighted by molar-refractivity contribution is -0.139. The Morgan fingerprint density at radius 2 is 1.51 bits per heavy atom. The molecule has 1 unspecified atom stereocenters. The summed E-state index contributed by atoms with van der Waals surface area (Å²) in [5.74, 6) is 0.366. The van der Waals surface area contributed by atoms with Gasteiger partial charge in [-0.05, 0) is 52.3 Å². The summed E-state index contributed by atoms with van der Waals surface area (Å²) in [6.45, 7) is 0.837. The van der Waals surface area contributed by atoms with Crippen LogP contribution in [0.4, 0.5) is 4.79 Å². The average molecular weight is 500 g/mol. The molecule has 2 aliphatic rings. The number of amides is 1. The van der Waals surface area contributed by atoms with Crippen LogP contribution in [0.25, 0.3) is 11.1 Å². The molecule has 0 saturated heterocycles. The Morgan fingerprint density at radius 3 is 2.14 bits per heavy atom. The van der Waals surface area contributed by atoms with Crippen molar-refractivity contribution >= 4 is 12.1 Å². The van der Waals surface area contributed by atoms with Gasteiger partial charge in [-0.1, -0.05) is 86.3 Å². The predicted molar refractivity (Wildman–Crippen MR) is 142 cm³/mol. The van der Waals surface area contributed by atoms with E-state index < -0.39 is 18.1 Å². The normalized spacial score (nSPS) is 15.6. The molecule has 5 rings (SSSR count). The smallest absolute Gasteiger partial charge is 0.407 e. The van der Waals surface area contributed by atoms with Crippen LogP contribution < -0.4 is 10.1 Å². The van der Waals surface area contributed by atoms with Crippen LogP contribution in [0.3, 0.4) is 0 Å². The molecule has 3 aromatic rings. The molecule has 0 heterocycles. The first-order valence-corrected chi connectivity index (χ1v) is 13.1. The van der Waals surface area contributed by atoms with Gasteiger partial charge in [0.25, 0.3) is 0 Å². The molecule has 3 aromatic carbocycles. The highest BCUT2D eigenvalue weighted by atomic mass is 16.5. The minimum absolute atomic E-state index is 0.0809. The fourth-order valence-corrected chi connectivity index (χ4v) is 5.58. The van der Waals surface area contributed by atoms with Crippen molar-refractivity contribution in [2.24, 2.45) is 5.92 Å². The standard InChI is InChI=1S/C31H33NO5/c33-30(34)29(19-22-13-15-23(16-14-22)36-18-17-21-7-1-2-8-21)32-31(35)37-20-28-26-11-5-3-9-24(26)25-10-4-6-12-27(25)28/h3-6,9-16,21,28-29H,1-2,7-8,17-20H2,(H,32,35)(H,33,34). The molecule has 0 aliphatic heterocycles. The summed E-state index contributed by atoms with van der Waals surface area (Å²) in [5, 5.41) is 12.2. The number of carbonyl (C=O) groups is 2. The van der Waals surface area contributed by atoms with E-state index in [0.29, 0.717) is 6.61 Å². The number of hydrogen-bond donors (Lipinski definition) is 2. The van der Waals surface area contributed by atoms with Gasteiger partial charge in [0.05, 0.1) is 6.61 Å². The van der Waals surface area contributed by atoms with Crippen molar-refractivity contribution in [3.8, 4) is 16.9 Å². The third kappa shape index (κ3) is 5.96. The highest BCUT2D eigenvalue weighted by Gasteiger charge is 2.29. The number of ether oxygens (including phenoxy) is 2. The van der Waals surface area contributed by atoms with Crippen LogP contribution in [0.5, 0.6) is 5.75 Å². The summed E-state index contributed by atoms with van der Waals surface area (Å²) in [6.07, 6.45) is 5.75. The summed E-state index contributed by atoms with van der Waals surface area (Å²) in [7, 11) is 0. The van der Waals surface area contributed by atoms with Gasteiger partial charge in [-0.25, -0.2) is 9.59 Å². The number of alkyl carbamates (subject to hydrolysis) is 1. The molecule has 1 saturated carbocycles. The molecule has 192 valence electrons. The van der Waals surface area contributed by atoms with Gasteiger partial charge >= 0.3 is 12.1 Å². The molecular formula is C31H33NO5. The zero-order valence-electron chi connectivity index (χ0n) is 20.9. The highest BCUT2D eigenvalue weighted by molar-refractivity contribution is 5.81. The Kier molecular flexibility index (Phi) is 7.73. The predicted octanol–water partition coefficient (Wildman–Crippen LogP) is 6.18. The summed E-state index contributed by atoms with van der Waals surface area (Å²) in [6, 6.07) is 22.5. The van der Waals surface area contributed by atoms with Crippen molar-refractivity contribution in [2.45, 2.75) is 50.5 Å². The topological polar surface area (TPSA) is 84.9 Å². The van der Waals surface area contributed by atoms with E-state index in [2.05, 4.69) is 17.4 Å². The van der Waals surface area contributed by atoms with Gasteiger partial charge in [0.15, 0.2) is 0 Å². The van der Waals surface area contributed by atoms with Gasteiger partial charge < -0.3 is 19.9 Å². The lowest BCUT2D eigenvalue weighted by Gasteiger charge is -2.18. The first-order valence-electron chi connectivity index (χ1n) is 13.1. The van der Waals surface area contributed by atoms with Gasteiger partial charge in [0.2, 0.25) is 0 Å². The number of carbonyl (C=O) groups excluding carboxylic acids is 1. The second kappa shape index (κ2) is 11.5. The van der Waals surface area contributed by atoms with Gasteiger partial charge in [-0.3, -0.25) is 0 Å². The maximum atomic E-state index is 12.6. The zero-order valence-corrected chi connectivity index (χ0v) is 20.9. The van der Waals surface area contributed by atoms with Crippen LogP contribution >= 0.6 is 0 Å². The summed E-state index contributed by atoms with van der Waals surface area (Å²) in [4.78, 5) is 24.5. The number of rotatable bonds is 10. The maximum absolute atomic E-state index is 12.6. The third-order valence-electron chi connectivity index (χ3n) is 7.57. The summed E-state index contributed by atoms with van der Waals surface area (Å²) in [5.41, 5.74) is 5.30. The van der Waals surface area contributed by atoms with Crippen LogP contribution in [0.15, 0.2) is 72.8 Å². The van der Waals surface area contributed by atoms with Gasteiger partial charge in [0.1, 0.15) is 18.4 Å². The Hall–Kier alpha value is -3.80. The van der Waals surface area contributed by atoms with E-state index >= 15 is 0 Å². The molecule has 37 heavy (non-hydrogen) atoms. The number of carboxylic acid groups (broad SMARTS) is 1. The van der Waals surface area contributed by atoms with Crippen molar-refractivity contribution < 1.29 is 24.2 Å². The number of fused-ring (bicyclic) bond motifs is 3. The number of aliphatic carboxylic acids is 1. The van der Waals surface area contributed by atoms with Gasteiger partial charge in [0, 0.05) is 12.3 Å². The van der Waals surface area contributed by atoms with Crippen LogP contribution in [0, 0.1) is 5.92 Å². The lowest BCUT2D eigenvalue weighted by Crippen LogP contribution is -2.42. The van der Waals surface area contributed by atoms with Crippen LogP contribution in [0.2, 0.25) is 0 Å². The number of carboxylic acids is 1. The van der Waals surface area contributed by atoms with Crippen LogP contribution in [-0.2, 0) is 16.0 Å². The quantitative estimate of drug-likeness (QED) is 0.348. The summed E-state index contributed by atoms with van der Waals surface area (Å²) >= 11 is 0. The van der Waals surface area contributed by atoms with E-state index in [1.54, 1.807) is 0 Å². The first-order chi connectivity index (χ1) is 18.1. The van der Waals surface area contributed by atoms with E-state index in [-0.39, 0.29) is 18.9 Å². The molecule has 2 aliphatic carbocycles. The molecule has 1 atom stereocenters. The summed E-state index contributed by atoms with van der Waals surface area (Å²) < 4.78 is 11.4. The molecule has 6 heteroatoms. The largest absolute Gasteiger partial charge is 0.494 e. The molecule has 0 spiro atoms. The van der Waals surface area contributed by atoms with E-state index in [0.717, 1.165) is 45.9 Å². The van der Waals surface area contributed by atoms with Crippen LogP contribution in [-0.4, -0.2) is 36.4 Å². The molecule has 1 fully saturated rings. The zero-order chi connectivity index (χ0) is 25.6. The van der Waals surface area contributed by atoms with Crippen molar-refractivity contribution in [1.82, 2.24) is 5.32 Å². The fourth-order valence-electron chi connectivity index (χ4n) is 5.58. The Bertz CT molecular complexity index is 1190. The Labute approximate surface area is 217 Å². The number of nitrogens with one attached hydrogen (secondary N) is 1. The van der Waals surface area contributed by atoms with E-state index in [1.165, 1.54) is 25.7 Å². The van der Waals surface area contributed by atoms with E-state index in [4.69, 9.17) is 9.47 Å². The molecule has 2 N–H and O–H groups in total. The van der Waals surface area contributed by atoms with E-state index in [9.17, 15) is 14.7 Å². The average Bonchev–Trinajstić information content (AvgIpc) is 3.54. The molecule has 0 aromatic heterocycles. The second-order valence-corrected chi connectivity index (χ2v) is 10.00. The van der Waals surface area contributed by atoms with E-state index in [1.807, 2.05) is 60.7 Å². The van der Waals surface area contributed by atoms with Crippen LogP contribution in [0.1, 0.15) is 54.7 Å². The van der Waals surface area contributed by atoms with Crippen molar-refractivity contribution in [3.05, 3.63) is 89.5 Å². The highest BCUT2D eigenvalue weighted by Crippen LogP contribution is 2.44. The maximum Gasteiger partial charge on any atom is 0.407 e. The van der Waals surface area contributed by atoms with Crippen molar-refractivity contribution in [3.63, 3.8) is 0 Å². The Morgan fingerprint density at radius 1 is 0.892 bits per heavy atom. The second-order valence-electron chi connectivity index (χ2n) is 10.00.